The molecule has 0 aromatic heterocycles. The van der Waals surface area contributed by atoms with Gasteiger partial charge in [0.2, 0.25) is 5.43 Å². The number of fused-ring (bicyclic) bond motifs is 1. The summed E-state index contributed by atoms with van der Waals surface area (Å²) in [4.78, 5) is 12.0. The fourth-order valence-corrected chi connectivity index (χ4v) is 1.73. The van der Waals surface area contributed by atoms with Gasteiger partial charge in [-0.25, -0.2) is 0 Å². The highest BCUT2D eigenvalue weighted by atomic mass is 35.5. The molecule has 0 saturated heterocycles. The van der Waals surface area contributed by atoms with Crippen molar-refractivity contribution in [3.8, 4) is 5.75 Å². The molecule has 0 amide bonds. The van der Waals surface area contributed by atoms with Crippen LogP contribution in [0.1, 0.15) is 0 Å². The third kappa shape index (κ3) is 1.68. The largest absolute Gasteiger partial charge is 0.491 e. The van der Waals surface area contributed by atoms with E-state index in [2.05, 4.69) is 0 Å². The van der Waals surface area contributed by atoms with Gasteiger partial charge < -0.3 is 4.74 Å². The average Bonchev–Trinajstić information content (AvgIpc) is 2.38. The number of methoxy groups -OCH3 is 1. The number of rotatable bonds is 1. The molecule has 2 aromatic carbocycles. The lowest BCUT2D eigenvalue weighted by Gasteiger charge is -1.96. The Labute approximate surface area is 92.1 Å². The predicted molar refractivity (Wildman–Crippen MR) is 61.8 cm³/mol. The Morgan fingerprint density at radius 2 is 1.87 bits per heavy atom. The summed E-state index contributed by atoms with van der Waals surface area (Å²) in [6, 6.07) is 10.8. The fraction of sp³-hybridized carbons (Fsp3) is 0.0833. The van der Waals surface area contributed by atoms with Gasteiger partial charge in [0.25, 0.3) is 0 Å². The average molecular weight is 221 g/mol. The van der Waals surface area contributed by atoms with Crippen LogP contribution in [0.25, 0.3) is 10.8 Å². The third-order valence-electron chi connectivity index (χ3n) is 2.24. The van der Waals surface area contributed by atoms with Gasteiger partial charge in [0.05, 0.1) is 12.1 Å². The minimum atomic E-state index is -0.178. The summed E-state index contributed by atoms with van der Waals surface area (Å²) in [5.74, 6) is 0.192. The number of hydrogen-bond acceptors (Lipinski definition) is 2. The normalized spacial score (nSPS) is 10.3. The van der Waals surface area contributed by atoms with Gasteiger partial charge in [-0.1, -0.05) is 41.9 Å². The van der Waals surface area contributed by atoms with Crippen LogP contribution in [0.4, 0.5) is 0 Å². The van der Waals surface area contributed by atoms with E-state index < -0.39 is 0 Å². The van der Waals surface area contributed by atoms with Crippen LogP contribution in [0, 0.1) is 0 Å². The van der Waals surface area contributed by atoms with E-state index in [1.807, 2.05) is 24.3 Å². The molecule has 0 saturated carbocycles. The molecule has 0 atom stereocenters. The number of halogens is 1. The topological polar surface area (TPSA) is 26.3 Å². The maximum atomic E-state index is 12.0. The van der Waals surface area contributed by atoms with E-state index in [0.29, 0.717) is 10.4 Å². The molecule has 0 N–H and O–H groups in total. The standard InChI is InChI=1S/C12H9ClO2/c1-15-12-10(13)7-6-8-4-2-3-5-9(8)11(12)14/h2-7H,1H3. The van der Waals surface area contributed by atoms with Crippen LogP contribution < -0.4 is 10.2 Å². The van der Waals surface area contributed by atoms with Crippen LogP contribution in [0.3, 0.4) is 0 Å². The van der Waals surface area contributed by atoms with Crippen LogP contribution in [-0.4, -0.2) is 7.11 Å². The van der Waals surface area contributed by atoms with E-state index in [4.69, 9.17) is 16.3 Å². The Hall–Kier alpha value is -1.54. The van der Waals surface area contributed by atoms with Gasteiger partial charge in [-0.3, -0.25) is 4.79 Å². The van der Waals surface area contributed by atoms with Crippen molar-refractivity contribution in [1.82, 2.24) is 0 Å². The molecule has 2 nitrogen and oxygen atoms in total. The van der Waals surface area contributed by atoms with Gasteiger partial charge in [0.1, 0.15) is 0 Å². The first-order chi connectivity index (χ1) is 7.24. The second-order valence-electron chi connectivity index (χ2n) is 3.13. The molecule has 76 valence electrons. The van der Waals surface area contributed by atoms with Crippen molar-refractivity contribution in [2.75, 3.05) is 7.11 Å². The van der Waals surface area contributed by atoms with Gasteiger partial charge in [0, 0.05) is 5.39 Å². The lowest BCUT2D eigenvalue weighted by atomic mass is 10.2. The molecule has 2 rings (SSSR count). The monoisotopic (exact) mass is 220 g/mol. The second-order valence-corrected chi connectivity index (χ2v) is 3.54. The zero-order chi connectivity index (χ0) is 10.8. The third-order valence-corrected chi connectivity index (χ3v) is 2.54. The van der Waals surface area contributed by atoms with E-state index in [-0.39, 0.29) is 11.2 Å². The molecule has 0 spiro atoms. The van der Waals surface area contributed by atoms with E-state index >= 15 is 0 Å². The summed E-state index contributed by atoms with van der Waals surface area (Å²) in [6.07, 6.45) is 0. The first-order valence-corrected chi connectivity index (χ1v) is 4.87. The smallest absolute Gasteiger partial charge is 0.229 e. The van der Waals surface area contributed by atoms with E-state index in [1.165, 1.54) is 7.11 Å². The van der Waals surface area contributed by atoms with Crippen LogP contribution in [0.2, 0.25) is 5.02 Å². The maximum Gasteiger partial charge on any atom is 0.229 e. The quantitative estimate of drug-likeness (QED) is 0.739. The van der Waals surface area contributed by atoms with Crippen LogP contribution in [-0.2, 0) is 0 Å². The second kappa shape index (κ2) is 3.91. The lowest BCUT2D eigenvalue weighted by Crippen LogP contribution is -2.02. The number of benzene rings is 1. The van der Waals surface area contributed by atoms with Crippen molar-refractivity contribution < 1.29 is 4.74 Å². The Morgan fingerprint density at radius 3 is 2.60 bits per heavy atom. The SMILES string of the molecule is COc1c(Cl)ccc2ccccc2c1=O. The summed E-state index contributed by atoms with van der Waals surface area (Å²) in [7, 11) is 1.44. The van der Waals surface area contributed by atoms with Crippen LogP contribution >= 0.6 is 11.6 Å². The highest BCUT2D eigenvalue weighted by Gasteiger charge is 2.06. The van der Waals surface area contributed by atoms with Crippen LogP contribution in [0.15, 0.2) is 41.2 Å². The molecule has 15 heavy (non-hydrogen) atoms. The van der Waals surface area contributed by atoms with Crippen molar-refractivity contribution >= 4 is 22.4 Å². The summed E-state index contributed by atoms with van der Waals surface area (Å²) < 4.78 is 5.00. The van der Waals surface area contributed by atoms with Crippen molar-refractivity contribution in [3.63, 3.8) is 0 Å². The molecular formula is C12H9ClO2. The highest BCUT2D eigenvalue weighted by molar-refractivity contribution is 6.32. The number of hydrogen-bond donors (Lipinski definition) is 0. The first kappa shape index (κ1) is 9.99. The summed E-state index contributed by atoms with van der Waals surface area (Å²) in [5.41, 5.74) is -0.178. The zero-order valence-corrected chi connectivity index (χ0v) is 8.91. The molecule has 0 unspecified atom stereocenters. The lowest BCUT2D eigenvalue weighted by molar-refractivity contribution is 0.412. The van der Waals surface area contributed by atoms with Gasteiger partial charge in [0.15, 0.2) is 5.75 Å². The zero-order valence-electron chi connectivity index (χ0n) is 8.16. The minimum absolute atomic E-state index is 0.178. The summed E-state index contributed by atoms with van der Waals surface area (Å²) >= 11 is 5.92. The molecular weight excluding hydrogens is 212 g/mol. The predicted octanol–water partition coefficient (Wildman–Crippen LogP) is 2.86. The molecule has 3 heteroatoms. The molecule has 0 aliphatic heterocycles. The maximum absolute atomic E-state index is 12.0. The van der Waals surface area contributed by atoms with E-state index in [0.717, 1.165) is 5.39 Å². The Bertz CT molecular complexity index is 564. The van der Waals surface area contributed by atoms with Gasteiger partial charge >= 0.3 is 0 Å². The molecule has 0 bridgehead atoms. The Morgan fingerprint density at radius 1 is 1.13 bits per heavy atom. The molecule has 2 aromatic rings. The summed E-state index contributed by atoms with van der Waals surface area (Å²) in [5, 5.41) is 1.80. The molecule has 0 heterocycles. The Kier molecular flexibility index (Phi) is 2.60. The molecule has 0 aliphatic carbocycles. The fourth-order valence-electron chi connectivity index (χ4n) is 1.51. The van der Waals surface area contributed by atoms with Crippen molar-refractivity contribution in [2.45, 2.75) is 0 Å². The molecule has 0 fully saturated rings. The van der Waals surface area contributed by atoms with Crippen molar-refractivity contribution in [2.24, 2.45) is 0 Å². The van der Waals surface area contributed by atoms with Gasteiger partial charge in [-0.05, 0) is 11.5 Å². The minimum Gasteiger partial charge on any atom is -0.491 e. The van der Waals surface area contributed by atoms with E-state index in [1.54, 1.807) is 12.1 Å². The molecule has 0 aliphatic rings. The van der Waals surface area contributed by atoms with Gasteiger partial charge in [-0.15, -0.1) is 0 Å². The van der Waals surface area contributed by atoms with Gasteiger partial charge in [-0.2, -0.15) is 0 Å². The Balaban J connectivity index is 3.00. The van der Waals surface area contributed by atoms with E-state index in [9.17, 15) is 4.79 Å². The van der Waals surface area contributed by atoms with Crippen molar-refractivity contribution in [1.29, 1.82) is 0 Å². The highest BCUT2D eigenvalue weighted by Crippen LogP contribution is 2.21. The summed E-state index contributed by atoms with van der Waals surface area (Å²) in [6.45, 7) is 0. The number of ether oxygens (including phenoxy) is 1. The molecule has 0 radical (unpaired) electrons. The van der Waals surface area contributed by atoms with Crippen molar-refractivity contribution in [3.05, 3.63) is 51.6 Å². The van der Waals surface area contributed by atoms with Crippen LogP contribution in [0.5, 0.6) is 5.75 Å². The first-order valence-electron chi connectivity index (χ1n) is 4.49.